The van der Waals surface area contributed by atoms with E-state index < -0.39 is 10.0 Å². The Hall–Kier alpha value is -2.38. The average Bonchev–Trinajstić information content (AvgIpc) is 3.04. The number of hydrogen-bond acceptors (Lipinski definition) is 4. The van der Waals surface area contributed by atoms with Crippen molar-refractivity contribution in [1.29, 1.82) is 0 Å². The van der Waals surface area contributed by atoms with Crippen LogP contribution < -0.4 is 9.46 Å². The zero-order chi connectivity index (χ0) is 17.9. The molecule has 0 saturated heterocycles. The average molecular weight is 359 g/mol. The number of nitrogens with one attached hydrogen (secondary N) is 1. The molecule has 0 aliphatic carbocycles. The minimum atomic E-state index is -3.51. The molecule has 0 atom stereocenters. The number of benzene rings is 1. The Morgan fingerprint density at radius 1 is 1.20 bits per heavy atom. The summed E-state index contributed by atoms with van der Waals surface area (Å²) in [6.07, 6.45) is 5.14. The van der Waals surface area contributed by atoms with E-state index in [0.717, 1.165) is 23.3 Å². The number of pyridine rings is 1. The SMILES string of the molecule is CCc1ccc(S(=O)(=O)NCCc2cn3cccc(OC)c3n2)cc1. The number of aromatic nitrogens is 2. The van der Waals surface area contributed by atoms with Gasteiger partial charge in [0.15, 0.2) is 11.4 Å². The molecule has 0 saturated carbocycles. The van der Waals surface area contributed by atoms with Crippen molar-refractivity contribution in [3.63, 3.8) is 0 Å². The fraction of sp³-hybridized carbons (Fsp3) is 0.278. The van der Waals surface area contributed by atoms with E-state index in [0.29, 0.717) is 12.2 Å². The van der Waals surface area contributed by atoms with Crippen LogP contribution in [0.4, 0.5) is 0 Å². The lowest BCUT2D eigenvalue weighted by Gasteiger charge is -2.06. The summed E-state index contributed by atoms with van der Waals surface area (Å²) in [5, 5.41) is 0. The van der Waals surface area contributed by atoms with Crippen LogP contribution in [0.5, 0.6) is 5.75 Å². The zero-order valence-electron chi connectivity index (χ0n) is 14.3. The van der Waals surface area contributed by atoms with E-state index in [1.165, 1.54) is 0 Å². The zero-order valence-corrected chi connectivity index (χ0v) is 15.1. The van der Waals surface area contributed by atoms with Gasteiger partial charge in [-0.3, -0.25) is 0 Å². The van der Waals surface area contributed by atoms with Crippen molar-refractivity contribution in [3.8, 4) is 5.75 Å². The Bertz CT molecular complexity index is 963. The third-order valence-corrected chi connectivity index (χ3v) is 5.51. The maximum absolute atomic E-state index is 12.3. The number of sulfonamides is 1. The van der Waals surface area contributed by atoms with E-state index in [4.69, 9.17) is 4.74 Å². The van der Waals surface area contributed by atoms with Gasteiger partial charge in [-0.2, -0.15) is 0 Å². The number of rotatable bonds is 7. The van der Waals surface area contributed by atoms with Crippen molar-refractivity contribution < 1.29 is 13.2 Å². The van der Waals surface area contributed by atoms with Crippen LogP contribution in [-0.4, -0.2) is 31.5 Å². The summed E-state index contributed by atoms with van der Waals surface area (Å²) in [4.78, 5) is 4.78. The molecule has 1 N–H and O–H groups in total. The molecule has 0 unspecified atom stereocenters. The molecule has 3 rings (SSSR count). The number of aryl methyl sites for hydroxylation is 1. The molecule has 3 aromatic rings. The maximum Gasteiger partial charge on any atom is 0.240 e. The van der Waals surface area contributed by atoms with Gasteiger partial charge in [0.1, 0.15) is 0 Å². The fourth-order valence-electron chi connectivity index (χ4n) is 2.62. The van der Waals surface area contributed by atoms with E-state index >= 15 is 0 Å². The molecule has 0 spiro atoms. The minimum absolute atomic E-state index is 0.279. The number of fused-ring (bicyclic) bond motifs is 1. The molecule has 6 nitrogen and oxygen atoms in total. The van der Waals surface area contributed by atoms with Crippen LogP contribution in [0.1, 0.15) is 18.2 Å². The number of imidazole rings is 1. The summed E-state index contributed by atoms with van der Waals surface area (Å²) >= 11 is 0. The molecule has 0 amide bonds. The molecule has 132 valence electrons. The van der Waals surface area contributed by atoms with Crippen LogP contribution >= 0.6 is 0 Å². The first-order valence-electron chi connectivity index (χ1n) is 8.12. The summed E-state index contributed by atoms with van der Waals surface area (Å²) in [7, 11) is -1.91. The third kappa shape index (κ3) is 3.83. The van der Waals surface area contributed by atoms with Crippen LogP contribution in [0.25, 0.3) is 5.65 Å². The number of nitrogens with zero attached hydrogens (tertiary/aromatic N) is 2. The van der Waals surface area contributed by atoms with E-state index in [-0.39, 0.29) is 11.4 Å². The molecule has 2 aromatic heterocycles. The van der Waals surface area contributed by atoms with Crippen molar-refractivity contribution in [2.24, 2.45) is 0 Å². The molecule has 25 heavy (non-hydrogen) atoms. The summed E-state index contributed by atoms with van der Waals surface area (Å²) in [5.74, 6) is 0.686. The molecule has 7 heteroatoms. The molecule has 0 bridgehead atoms. The molecular weight excluding hydrogens is 338 g/mol. The van der Waals surface area contributed by atoms with Gasteiger partial charge < -0.3 is 9.14 Å². The Morgan fingerprint density at radius 2 is 1.96 bits per heavy atom. The van der Waals surface area contributed by atoms with Gasteiger partial charge in [0.2, 0.25) is 10.0 Å². The van der Waals surface area contributed by atoms with Crippen molar-refractivity contribution >= 4 is 15.7 Å². The van der Waals surface area contributed by atoms with E-state index in [1.807, 2.05) is 48.0 Å². The first-order valence-corrected chi connectivity index (χ1v) is 9.61. The first kappa shape index (κ1) is 17.4. The van der Waals surface area contributed by atoms with Gasteiger partial charge in [-0.15, -0.1) is 0 Å². The lowest BCUT2D eigenvalue weighted by atomic mass is 10.2. The van der Waals surface area contributed by atoms with Crippen molar-refractivity contribution in [2.45, 2.75) is 24.7 Å². The van der Waals surface area contributed by atoms with Crippen molar-refractivity contribution in [2.75, 3.05) is 13.7 Å². The first-order chi connectivity index (χ1) is 12.0. The molecule has 0 aliphatic rings. The topological polar surface area (TPSA) is 72.7 Å². The van der Waals surface area contributed by atoms with Gasteiger partial charge >= 0.3 is 0 Å². The summed E-state index contributed by atoms with van der Waals surface area (Å²) in [5.41, 5.74) is 2.63. The van der Waals surface area contributed by atoms with Gasteiger partial charge in [0, 0.05) is 25.4 Å². The number of ether oxygens (including phenoxy) is 1. The summed E-state index contributed by atoms with van der Waals surface area (Å²) in [6.45, 7) is 2.32. The molecule has 0 fully saturated rings. The second kappa shape index (κ2) is 7.25. The van der Waals surface area contributed by atoms with Gasteiger partial charge in [0.25, 0.3) is 0 Å². The predicted octanol–water partition coefficient (Wildman–Crippen LogP) is 2.43. The highest BCUT2D eigenvalue weighted by molar-refractivity contribution is 7.89. The molecule has 0 aliphatic heterocycles. The number of methoxy groups -OCH3 is 1. The van der Waals surface area contributed by atoms with Gasteiger partial charge in [-0.1, -0.05) is 19.1 Å². The Balaban J connectivity index is 1.67. The van der Waals surface area contributed by atoms with Crippen LogP contribution in [0, 0.1) is 0 Å². The maximum atomic E-state index is 12.3. The van der Waals surface area contributed by atoms with Crippen molar-refractivity contribution in [1.82, 2.24) is 14.1 Å². The van der Waals surface area contributed by atoms with Gasteiger partial charge in [-0.25, -0.2) is 18.1 Å². The molecule has 2 heterocycles. The highest BCUT2D eigenvalue weighted by Crippen LogP contribution is 2.18. The van der Waals surface area contributed by atoms with E-state index in [1.54, 1.807) is 19.2 Å². The highest BCUT2D eigenvalue weighted by atomic mass is 32.2. The van der Waals surface area contributed by atoms with Crippen LogP contribution in [0.15, 0.2) is 53.7 Å². The Labute approximate surface area is 147 Å². The normalized spacial score (nSPS) is 11.8. The van der Waals surface area contributed by atoms with Crippen molar-refractivity contribution in [3.05, 3.63) is 60.0 Å². The van der Waals surface area contributed by atoms with E-state index in [9.17, 15) is 8.42 Å². The predicted molar refractivity (Wildman–Crippen MR) is 96.5 cm³/mol. The second-order valence-electron chi connectivity index (χ2n) is 5.68. The molecular formula is C18H21N3O3S. The fourth-order valence-corrected chi connectivity index (χ4v) is 3.65. The highest BCUT2D eigenvalue weighted by Gasteiger charge is 2.14. The third-order valence-electron chi connectivity index (χ3n) is 4.03. The minimum Gasteiger partial charge on any atom is -0.493 e. The summed E-state index contributed by atoms with van der Waals surface area (Å²) < 4.78 is 34.5. The monoisotopic (exact) mass is 359 g/mol. The lowest BCUT2D eigenvalue weighted by Crippen LogP contribution is -2.26. The molecule has 0 radical (unpaired) electrons. The van der Waals surface area contributed by atoms with Crippen LogP contribution in [0.3, 0.4) is 0 Å². The molecule has 1 aromatic carbocycles. The van der Waals surface area contributed by atoms with Crippen LogP contribution in [0.2, 0.25) is 0 Å². The largest absolute Gasteiger partial charge is 0.493 e. The van der Waals surface area contributed by atoms with Gasteiger partial charge in [-0.05, 0) is 36.2 Å². The second-order valence-corrected chi connectivity index (χ2v) is 7.45. The lowest BCUT2D eigenvalue weighted by molar-refractivity contribution is 0.417. The van der Waals surface area contributed by atoms with Gasteiger partial charge in [0.05, 0.1) is 17.7 Å². The summed E-state index contributed by atoms with van der Waals surface area (Å²) in [6, 6.07) is 10.7. The quantitative estimate of drug-likeness (QED) is 0.703. The van der Waals surface area contributed by atoms with E-state index in [2.05, 4.69) is 9.71 Å². The Morgan fingerprint density at radius 3 is 2.64 bits per heavy atom. The Kier molecular flexibility index (Phi) is 5.06. The van der Waals surface area contributed by atoms with Crippen LogP contribution in [-0.2, 0) is 22.9 Å². The smallest absolute Gasteiger partial charge is 0.240 e. The standard InChI is InChI=1S/C18H21N3O3S/c1-3-14-6-8-16(9-7-14)25(22,23)19-11-10-15-13-21-12-4-5-17(24-2)18(21)20-15/h4-9,12-13,19H,3,10-11H2,1-2H3. The number of hydrogen-bond donors (Lipinski definition) is 1.